The third-order valence-corrected chi connectivity index (χ3v) is 4.46. The zero-order valence-electron chi connectivity index (χ0n) is 16.8. The van der Waals surface area contributed by atoms with E-state index in [1.165, 1.54) is 12.1 Å². The smallest absolute Gasteiger partial charge is 0.270 e. The van der Waals surface area contributed by atoms with Crippen LogP contribution in [0.5, 0.6) is 5.75 Å². The summed E-state index contributed by atoms with van der Waals surface area (Å²) in [7, 11) is 0. The zero-order valence-corrected chi connectivity index (χ0v) is 16.8. The predicted octanol–water partition coefficient (Wildman–Crippen LogP) is 6.22. The molecular formula is C24H19N3O4. The number of nitro groups is 1. The maximum atomic E-state index is 10.8. The van der Waals surface area contributed by atoms with Gasteiger partial charge in [0.1, 0.15) is 11.3 Å². The fraction of sp³-hybridized carbons (Fsp3) is 0.0833. The summed E-state index contributed by atoms with van der Waals surface area (Å²) in [5.74, 6) is 1.34. The number of benzene rings is 3. The topological polar surface area (TPSA) is 90.8 Å². The number of allylic oxidation sites excluding steroid dienone is 1. The molecule has 1 aromatic heterocycles. The van der Waals surface area contributed by atoms with Gasteiger partial charge in [-0.05, 0) is 61.0 Å². The fourth-order valence-electron chi connectivity index (χ4n) is 3.01. The van der Waals surface area contributed by atoms with Crippen molar-refractivity contribution in [3.8, 4) is 17.2 Å². The van der Waals surface area contributed by atoms with Crippen molar-refractivity contribution in [1.29, 1.82) is 0 Å². The normalized spacial score (nSPS) is 11.5. The summed E-state index contributed by atoms with van der Waals surface area (Å²) in [4.78, 5) is 19.4. The van der Waals surface area contributed by atoms with E-state index >= 15 is 0 Å². The Bertz CT molecular complexity index is 1270. The van der Waals surface area contributed by atoms with Gasteiger partial charge < -0.3 is 9.15 Å². The lowest BCUT2D eigenvalue weighted by Crippen LogP contribution is -1.90. The minimum Gasteiger partial charge on any atom is -0.494 e. The minimum absolute atomic E-state index is 0.0545. The summed E-state index contributed by atoms with van der Waals surface area (Å²) in [6.45, 7) is 2.56. The molecule has 3 aromatic carbocycles. The molecule has 0 aliphatic carbocycles. The molecule has 0 radical (unpaired) electrons. The highest BCUT2D eigenvalue weighted by Gasteiger charge is 2.09. The third kappa shape index (κ3) is 4.84. The molecule has 0 atom stereocenters. The molecule has 0 unspecified atom stereocenters. The number of oxazole rings is 1. The van der Waals surface area contributed by atoms with Gasteiger partial charge in [0.25, 0.3) is 5.69 Å². The minimum atomic E-state index is -0.417. The van der Waals surface area contributed by atoms with E-state index in [2.05, 4.69) is 9.98 Å². The Kier molecular flexibility index (Phi) is 5.84. The van der Waals surface area contributed by atoms with Gasteiger partial charge in [0, 0.05) is 23.9 Å². The molecule has 0 amide bonds. The predicted molar refractivity (Wildman–Crippen MR) is 121 cm³/mol. The van der Waals surface area contributed by atoms with Crippen LogP contribution in [0.1, 0.15) is 12.5 Å². The van der Waals surface area contributed by atoms with E-state index in [-0.39, 0.29) is 5.69 Å². The first kappa shape index (κ1) is 20.0. The first-order valence-electron chi connectivity index (χ1n) is 9.71. The van der Waals surface area contributed by atoms with Gasteiger partial charge >= 0.3 is 0 Å². The Morgan fingerprint density at radius 3 is 2.74 bits per heavy atom. The number of hydrogen-bond acceptors (Lipinski definition) is 6. The van der Waals surface area contributed by atoms with Gasteiger partial charge in [-0.2, -0.15) is 0 Å². The SMILES string of the molecule is CCOc1ccc(-c2nc3cc(N=CC=Cc4cccc([N+](=O)[O-])c4)ccc3o2)cc1. The number of aromatic nitrogens is 1. The van der Waals surface area contributed by atoms with Crippen LogP contribution >= 0.6 is 0 Å². The first-order valence-corrected chi connectivity index (χ1v) is 9.71. The number of non-ortho nitro benzene ring substituents is 1. The van der Waals surface area contributed by atoms with Crippen molar-refractivity contribution in [2.45, 2.75) is 6.92 Å². The van der Waals surface area contributed by atoms with Crippen molar-refractivity contribution >= 4 is 34.8 Å². The van der Waals surface area contributed by atoms with Crippen LogP contribution in [0.25, 0.3) is 28.6 Å². The summed E-state index contributed by atoms with van der Waals surface area (Å²) in [6.07, 6.45) is 5.13. The molecule has 0 saturated heterocycles. The van der Waals surface area contributed by atoms with Crippen LogP contribution in [-0.4, -0.2) is 22.7 Å². The number of hydrogen-bond donors (Lipinski definition) is 0. The second-order valence-electron chi connectivity index (χ2n) is 6.62. The Labute approximate surface area is 178 Å². The molecule has 0 spiro atoms. The van der Waals surface area contributed by atoms with E-state index in [0.29, 0.717) is 23.6 Å². The van der Waals surface area contributed by atoms with Crippen LogP contribution in [-0.2, 0) is 0 Å². The lowest BCUT2D eigenvalue weighted by Gasteiger charge is -2.02. The molecule has 4 rings (SSSR count). The van der Waals surface area contributed by atoms with Gasteiger partial charge in [-0.3, -0.25) is 15.1 Å². The fourth-order valence-corrected chi connectivity index (χ4v) is 3.01. The standard InChI is InChI=1S/C24H19N3O4/c1-2-30-21-11-8-18(9-12-21)24-26-22-16-19(10-13-23(22)31-24)25-14-4-6-17-5-3-7-20(15-17)27(28)29/h3-16H,2H2,1H3. The highest BCUT2D eigenvalue weighted by Crippen LogP contribution is 2.28. The average molecular weight is 413 g/mol. The molecule has 1 heterocycles. The van der Waals surface area contributed by atoms with Crippen LogP contribution < -0.4 is 4.74 Å². The van der Waals surface area contributed by atoms with Crippen molar-refractivity contribution < 1.29 is 14.1 Å². The van der Waals surface area contributed by atoms with Gasteiger partial charge in [-0.15, -0.1) is 0 Å². The van der Waals surface area contributed by atoms with Crippen molar-refractivity contribution in [2.75, 3.05) is 6.61 Å². The van der Waals surface area contributed by atoms with Crippen LogP contribution in [0.3, 0.4) is 0 Å². The van der Waals surface area contributed by atoms with Gasteiger partial charge in [0.15, 0.2) is 5.58 Å². The van der Waals surface area contributed by atoms with Crippen LogP contribution in [0.2, 0.25) is 0 Å². The lowest BCUT2D eigenvalue weighted by atomic mass is 10.2. The number of ether oxygens (including phenoxy) is 1. The first-order chi connectivity index (χ1) is 15.1. The zero-order chi connectivity index (χ0) is 21.6. The van der Waals surface area contributed by atoms with Crippen molar-refractivity contribution in [3.63, 3.8) is 0 Å². The van der Waals surface area contributed by atoms with Crippen molar-refractivity contribution in [1.82, 2.24) is 4.98 Å². The quantitative estimate of drug-likeness (QED) is 0.204. The van der Waals surface area contributed by atoms with E-state index < -0.39 is 4.92 Å². The second kappa shape index (κ2) is 9.04. The van der Waals surface area contributed by atoms with Crippen LogP contribution in [0.4, 0.5) is 11.4 Å². The lowest BCUT2D eigenvalue weighted by molar-refractivity contribution is -0.384. The number of rotatable bonds is 7. The third-order valence-electron chi connectivity index (χ3n) is 4.46. The summed E-state index contributed by atoms with van der Waals surface area (Å²) < 4.78 is 11.3. The van der Waals surface area contributed by atoms with Gasteiger partial charge in [-0.25, -0.2) is 4.98 Å². The molecule has 4 aromatic rings. The van der Waals surface area contributed by atoms with Gasteiger partial charge in [0.05, 0.1) is 17.2 Å². The number of fused-ring (bicyclic) bond motifs is 1. The molecule has 0 aliphatic rings. The summed E-state index contributed by atoms with van der Waals surface area (Å²) in [5.41, 5.74) is 3.76. The molecule has 0 saturated carbocycles. The molecule has 0 bridgehead atoms. The van der Waals surface area contributed by atoms with E-state index in [4.69, 9.17) is 9.15 Å². The Balaban J connectivity index is 1.49. The molecule has 0 N–H and O–H groups in total. The highest BCUT2D eigenvalue weighted by molar-refractivity contribution is 5.84. The number of aliphatic imine (C=N–C) groups is 1. The Morgan fingerprint density at radius 1 is 1.13 bits per heavy atom. The highest BCUT2D eigenvalue weighted by atomic mass is 16.6. The summed E-state index contributed by atoms with van der Waals surface area (Å²) >= 11 is 0. The molecule has 0 fully saturated rings. The van der Waals surface area contributed by atoms with E-state index in [1.807, 2.05) is 49.4 Å². The summed E-state index contributed by atoms with van der Waals surface area (Å²) in [6, 6.07) is 19.5. The van der Waals surface area contributed by atoms with Gasteiger partial charge in [-0.1, -0.05) is 18.2 Å². The summed E-state index contributed by atoms with van der Waals surface area (Å²) in [5, 5.41) is 10.8. The Morgan fingerprint density at radius 2 is 1.97 bits per heavy atom. The molecule has 0 aliphatic heterocycles. The maximum absolute atomic E-state index is 10.8. The maximum Gasteiger partial charge on any atom is 0.270 e. The molecule has 7 heteroatoms. The second-order valence-corrected chi connectivity index (χ2v) is 6.62. The number of nitro benzene ring substituents is 1. The van der Waals surface area contributed by atoms with E-state index in [1.54, 1.807) is 30.5 Å². The Hall–Kier alpha value is -4.26. The molecular weight excluding hydrogens is 394 g/mol. The van der Waals surface area contributed by atoms with E-state index in [9.17, 15) is 10.1 Å². The van der Waals surface area contributed by atoms with Crippen LogP contribution in [0.15, 0.2) is 82.2 Å². The monoisotopic (exact) mass is 413 g/mol. The average Bonchev–Trinajstić information content (AvgIpc) is 3.21. The number of nitrogens with zero attached hydrogens (tertiary/aromatic N) is 3. The molecule has 154 valence electrons. The van der Waals surface area contributed by atoms with Crippen LogP contribution in [0, 0.1) is 10.1 Å². The van der Waals surface area contributed by atoms with Crippen molar-refractivity contribution in [2.24, 2.45) is 4.99 Å². The van der Waals surface area contributed by atoms with Gasteiger partial charge in [0.2, 0.25) is 5.89 Å². The van der Waals surface area contributed by atoms with E-state index in [0.717, 1.165) is 22.6 Å². The molecule has 7 nitrogen and oxygen atoms in total. The van der Waals surface area contributed by atoms with Crippen molar-refractivity contribution in [3.05, 3.63) is 88.5 Å². The largest absolute Gasteiger partial charge is 0.494 e. The molecule has 31 heavy (non-hydrogen) atoms.